The summed E-state index contributed by atoms with van der Waals surface area (Å²) in [6, 6.07) is 8.26. The monoisotopic (exact) mass is 472 g/mol. The van der Waals surface area contributed by atoms with Gasteiger partial charge in [-0.25, -0.2) is 26.0 Å². The molecule has 5 nitrogen and oxygen atoms in total. The van der Waals surface area contributed by atoms with Crippen LogP contribution >= 0.6 is 0 Å². The maximum atomic E-state index is 14.2. The summed E-state index contributed by atoms with van der Waals surface area (Å²) in [6.07, 6.45) is -2.16. The molecule has 1 heterocycles. The van der Waals surface area contributed by atoms with Crippen molar-refractivity contribution >= 4 is 21.4 Å². The topological polar surface area (TPSA) is 69.6 Å². The van der Waals surface area contributed by atoms with E-state index >= 15 is 0 Å². The van der Waals surface area contributed by atoms with Crippen molar-refractivity contribution in [3.8, 4) is 0 Å². The van der Waals surface area contributed by atoms with Crippen molar-refractivity contribution in [2.24, 2.45) is 0 Å². The average Bonchev–Trinajstić information content (AvgIpc) is 2.88. The van der Waals surface area contributed by atoms with E-state index in [4.69, 9.17) is 0 Å². The Kier molecular flexibility index (Phi) is 6.97. The third kappa shape index (κ3) is 4.97. The van der Waals surface area contributed by atoms with Gasteiger partial charge in [-0.2, -0.15) is 4.31 Å². The molecule has 1 unspecified atom stereocenters. The number of alkyl halides is 3. The van der Waals surface area contributed by atoms with Gasteiger partial charge in [0.15, 0.2) is 0 Å². The van der Waals surface area contributed by atoms with Crippen LogP contribution in [0.25, 0.3) is 5.70 Å². The van der Waals surface area contributed by atoms with Crippen LogP contribution in [-0.2, 0) is 16.7 Å². The Labute approximate surface area is 184 Å². The average molecular weight is 473 g/mol. The van der Waals surface area contributed by atoms with Crippen molar-refractivity contribution in [2.45, 2.75) is 43.4 Å². The second-order valence-corrected chi connectivity index (χ2v) is 9.69. The molecule has 0 radical (unpaired) electrons. The summed E-state index contributed by atoms with van der Waals surface area (Å²) in [5, 5.41) is 12.4. The highest BCUT2D eigenvalue weighted by Crippen LogP contribution is 2.32. The van der Waals surface area contributed by atoms with Crippen molar-refractivity contribution < 1.29 is 31.1 Å². The molecule has 0 aromatic heterocycles. The quantitative estimate of drug-likeness (QED) is 0.609. The number of halogens is 4. The van der Waals surface area contributed by atoms with Gasteiger partial charge in [0.25, 0.3) is 5.92 Å². The molecule has 10 heteroatoms. The first-order valence-electron chi connectivity index (χ1n) is 9.93. The van der Waals surface area contributed by atoms with E-state index in [9.17, 15) is 31.1 Å². The molecule has 32 heavy (non-hydrogen) atoms. The molecule has 0 saturated carbocycles. The molecule has 0 aliphatic carbocycles. The molecule has 1 atom stereocenters. The van der Waals surface area contributed by atoms with Gasteiger partial charge in [0.1, 0.15) is 18.6 Å². The van der Waals surface area contributed by atoms with Crippen molar-refractivity contribution in [2.75, 3.05) is 18.4 Å². The van der Waals surface area contributed by atoms with E-state index in [2.05, 4.69) is 11.9 Å². The second kappa shape index (κ2) is 9.21. The molecule has 2 aromatic carbocycles. The number of benzene rings is 2. The number of aliphatic hydroxyl groups excluding tert-OH is 1. The minimum Gasteiger partial charge on any atom is -0.387 e. The highest BCUT2D eigenvalue weighted by atomic mass is 32.2. The van der Waals surface area contributed by atoms with Gasteiger partial charge in [-0.05, 0) is 49.1 Å². The minimum absolute atomic E-state index is 0.0356. The zero-order valence-electron chi connectivity index (χ0n) is 17.4. The Balaban J connectivity index is 1.94. The summed E-state index contributed by atoms with van der Waals surface area (Å²) in [5.74, 6) is -4.07. The summed E-state index contributed by atoms with van der Waals surface area (Å²) in [6.45, 7) is 2.88. The van der Waals surface area contributed by atoms with Gasteiger partial charge in [-0.1, -0.05) is 24.8 Å². The molecule has 0 amide bonds. The van der Waals surface area contributed by atoms with E-state index in [0.29, 0.717) is 15.6 Å². The highest BCUT2D eigenvalue weighted by molar-refractivity contribution is 7.89. The molecule has 1 aliphatic rings. The van der Waals surface area contributed by atoms with Crippen LogP contribution in [0.3, 0.4) is 0 Å². The third-order valence-electron chi connectivity index (χ3n) is 5.40. The number of hydrogen-bond acceptors (Lipinski definition) is 4. The summed E-state index contributed by atoms with van der Waals surface area (Å²) < 4.78 is 82.6. The third-order valence-corrected chi connectivity index (χ3v) is 7.33. The summed E-state index contributed by atoms with van der Waals surface area (Å²) in [7, 11) is -4.49. The van der Waals surface area contributed by atoms with Gasteiger partial charge in [-0.15, -0.1) is 0 Å². The molecule has 1 saturated heterocycles. The molecule has 2 N–H and O–H groups in total. The van der Waals surface area contributed by atoms with E-state index < -0.39 is 46.0 Å². The smallest absolute Gasteiger partial charge is 0.286 e. The second-order valence-electron chi connectivity index (χ2n) is 7.78. The lowest BCUT2D eigenvalue weighted by Gasteiger charge is -2.26. The Bertz CT molecular complexity index is 1120. The molecule has 0 spiro atoms. The molecule has 1 aliphatic heterocycles. The first-order valence-corrected chi connectivity index (χ1v) is 11.4. The number of anilines is 1. The van der Waals surface area contributed by atoms with Crippen LogP contribution in [0, 0.1) is 12.7 Å². The van der Waals surface area contributed by atoms with Crippen LogP contribution in [0.5, 0.6) is 0 Å². The number of nitrogens with zero attached hydrogens (tertiary/aromatic N) is 1. The Morgan fingerprint density at radius 3 is 2.66 bits per heavy atom. The van der Waals surface area contributed by atoms with Gasteiger partial charge in [0.2, 0.25) is 10.0 Å². The normalized spacial score (nSPS) is 19.4. The van der Waals surface area contributed by atoms with Crippen LogP contribution < -0.4 is 5.32 Å². The zero-order chi connectivity index (χ0) is 23.7. The fraction of sp³-hybridized carbons (Fsp3) is 0.364. The predicted molar refractivity (Wildman–Crippen MR) is 114 cm³/mol. The van der Waals surface area contributed by atoms with E-state index in [1.807, 2.05) is 0 Å². The molecular weight excluding hydrogens is 448 g/mol. The van der Waals surface area contributed by atoms with Crippen LogP contribution in [0.2, 0.25) is 0 Å². The molecular formula is C22H24F4N2O3S. The lowest BCUT2D eigenvalue weighted by atomic mass is 10.1. The number of sulfonamides is 1. The number of nitrogens with one attached hydrogen (secondary N) is 1. The van der Waals surface area contributed by atoms with Gasteiger partial charge in [0, 0.05) is 23.5 Å². The van der Waals surface area contributed by atoms with Gasteiger partial charge >= 0.3 is 0 Å². The van der Waals surface area contributed by atoms with Crippen molar-refractivity contribution in [1.29, 1.82) is 0 Å². The first-order chi connectivity index (χ1) is 15.0. The maximum Gasteiger partial charge on any atom is 0.286 e. The summed E-state index contributed by atoms with van der Waals surface area (Å²) in [5.41, 5.74) is 1.12. The number of rotatable bonds is 6. The lowest BCUT2D eigenvalue weighted by molar-refractivity contribution is -0.109. The standard InChI is InChI=1S/C22H24F4N2O3S/c1-14-5-8-18(11-19(14)24)27-15(2)16-6-7-17(12-23)20(10-16)32(30,31)28-9-3-4-21(29)22(25,26)13-28/h5-8,10-11,21,27,29H,2-4,9,12-13H2,1H3. The SMILES string of the molecule is C=C(Nc1ccc(C)c(F)c1)c1ccc(CF)c(S(=O)(=O)N2CCCC(O)C(F)(F)C2)c1. The van der Waals surface area contributed by atoms with Crippen molar-refractivity contribution in [1.82, 2.24) is 4.31 Å². The summed E-state index contributed by atoms with van der Waals surface area (Å²) in [4.78, 5) is -0.456. The Hall–Kier alpha value is -2.43. The van der Waals surface area contributed by atoms with Gasteiger partial charge in [0.05, 0.1) is 11.4 Å². The van der Waals surface area contributed by atoms with Crippen LogP contribution in [-0.4, -0.2) is 42.9 Å². The summed E-state index contributed by atoms with van der Waals surface area (Å²) >= 11 is 0. The molecule has 3 rings (SSSR count). The van der Waals surface area contributed by atoms with E-state index in [0.717, 1.165) is 6.07 Å². The molecule has 1 fully saturated rings. The van der Waals surface area contributed by atoms with Crippen LogP contribution in [0.4, 0.5) is 23.2 Å². The van der Waals surface area contributed by atoms with Gasteiger partial charge < -0.3 is 10.4 Å². The Morgan fingerprint density at radius 1 is 1.28 bits per heavy atom. The minimum atomic E-state index is -4.49. The zero-order valence-corrected chi connectivity index (χ0v) is 18.2. The lowest BCUT2D eigenvalue weighted by Crippen LogP contribution is -2.44. The fourth-order valence-corrected chi connectivity index (χ4v) is 5.17. The van der Waals surface area contributed by atoms with Crippen molar-refractivity contribution in [3.63, 3.8) is 0 Å². The number of aliphatic hydroxyl groups is 1. The Morgan fingerprint density at radius 2 is 2.00 bits per heavy atom. The predicted octanol–water partition coefficient (Wildman–Crippen LogP) is 4.47. The van der Waals surface area contributed by atoms with E-state index in [1.54, 1.807) is 19.1 Å². The number of hydrogen-bond donors (Lipinski definition) is 2. The van der Waals surface area contributed by atoms with Crippen molar-refractivity contribution in [3.05, 3.63) is 65.5 Å². The number of aryl methyl sites for hydroxylation is 1. The van der Waals surface area contributed by atoms with Crippen LogP contribution in [0.1, 0.15) is 29.5 Å². The largest absolute Gasteiger partial charge is 0.387 e. The van der Waals surface area contributed by atoms with E-state index in [-0.39, 0.29) is 36.2 Å². The first kappa shape index (κ1) is 24.2. The molecule has 174 valence electrons. The molecule has 0 bridgehead atoms. The van der Waals surface area contributed by atoms with Gasteiger partial charge in [-0.3, -0.25) is 0 Å². The molecule has 2 aromatic rings. The highest BCUT2D eigenvalue weighted by Gasteiger charge is 2.45. The fourth-order valence-electron chi connectivity index (χ4n) is 3.45. The van der Waals surface area contributed by atoms with E-state index in [1.165, 1.54) is 18.2 Å². The maximum absolute atomic E-state index is 14.2. The van der Waals surface area contributed by atoms with Crippen LogP contribution in [0.15, 0.2) is 47.9 Å².